The molecular formula is C22H36O3. The van der Waals surface area contributed by atoms with Crippen LogP contribution in [0.4, 0.5) is 0 Å². The van der Waals surface area contributed by atoms with Crippen LogP contribution in [0.2, 0.25) is 0 Å². The van der Waals surface area contributed by atoms with Crippen LogP contribution in [0.15, 0.2) is 23.3 Å². The van der Waals surface area contributed by atoms with Crippen LogP contribution in [-0.2, 0) is 9.53 Å². The number of ether oxygens (including phenoxy) is 1. The van der Waals surface area contributed by atoms with Gasteiger partial charge >= 0.3 is 5.97 Å². The molecule has 0 aliphatic heterocycles. The number of carbonyl (C=O) groups excluding carboxylic acids is 1. The molecule has 0 aromatic heterocycles. The lowest BCUT2D eigenvalue weighted by Gasteiger charge is -2.38. The van der Waals surface area contributed by atoms with E-state index < -0.39 is 5.60 Å². The number of esters is 1. The summed E-state index contributed by atoms with van der Waals surface area (Å²) in [5.74, 6) is 0.815. The number of rotatable bonds is 5. The van der Waals surface area contributed by atoms with Gasteiger partial charge < -0.3 is 9.84 Å². The number of hydrogen-bond donors (Lipinski definition) is 1. The van der Waals surface area contributed by atoms with E-state index in [1.165, 1.54) is 18.1 Å². The first-order chi connectivity index (χ1) is 11.7. The average Bonchev–Trinajstić information content (AvgIpc) is 2.83. The van der Waals surface area contributed by atoms with Crippen molar-refractivity contribution in [3.8, 4) is 0 Å². The topological polar surface area (TPSA) is 46.5 Å². The number of carbonyl (C=O) groups is 1. The molecule has 6 atom stereocenters. The summed E-state index contributed by atoms with van der Waals surface area (Å²) in [5.41, 5.74) is 2.14. The predicted molar refractivity (Wildman–Crippen MR) is 102 cm³/mol. The molecule has 25 heavy (non-hydrogen) atoms. The Balaban J connectivity index is 2.20. The van der Waals surface area contributed by atoms with Gasteiger partial charge in [-0.3, -0.25) is 4.79 Å². The quantitative estimate of drug-likeness (QED) is 0.559. The standard InChI is InChI=1S/C22H36O3/c1-14(2)8-7-9-15(3)18-12-13-22(6,25-17(5)23)19-11-10-16(4)20(19)21(18)24/h8,10,15,18-21,24H,7,9,11-13H2,1-6H3. The number of allylic oxidation sites excluding steroid dienone is 3. The summed E-state index contributed by atoms with van der Waals surface area (Å²) in [7, 11) is 0. The molecule has 2 aliphatic rings. The van der Waals surface area contributed by atoms with Gasteiger partial charge in [0.15, 0.2) is 0 Å². The highest BCUT2D eigenvalue weighted by Crippen LogP contribution is 2.50. The van der Waals surface area contributed by atoms with Crippen LogP contribution in [0, 0.1) is 23.7 Å². The number of fused-ring (bicyclic) bond motifs is 1. The lowest BCUT2D eigenvalue weighted by molar-refractivity contribution is -0.163. The van der Waals surface area contributed by atoms with E-state index in [4.69, 9.17) is 4.74 Å². The van der Waals surface area contributed by atoms with Crippen molar-refractivity contribution in [2.24, 2.45) is 23.7 Å². The van der Waals surface area contributed by atoms with Gasteiger partial charge in [-0.05, 0) is 71.6 Å². The van der Waals surface area contributed by atoms with Gasteiger partial charge in [0.2, 0.25) is 0 Å². The molecule has 0 radical (unpaired) electrons. The zero-order valence-corrected chi connectivity index (χ0v) is 16.8. The minimum atomic E-state index is -0.472. The summed E-state index contributed by atoms with van der Waals surface area (Å²) in [4.78, 5) is 11.7. The first-order valence-electron chi connectivity index (χ1n) is 9.83. The molecule has 0 spiro atoms. The van der Waals surface area contributed by atoms with Gasteiger partial charge in [0.1, 0.15) is 5.60 Å². The SMILES string of the molecule is CC(=O)OC1(C)CCC(C(C)CCC=C(C)C)C(O)C2C(C)=CCC21. The predicted octanol–water partition coefficient (Wildman–Crippen LogP) is 5.04. The third-order valence-electron chi connectivity index (χ3n) is 6.50. The van der Waals surface area contributed by atoms with E-state index in [-0.39, 0.29) is 29.8 Å². The second-order valence-electron chi connectivity index (χ2n) is 8.75. The van der Waals surface area contributed by atoms with E-state index in [9.17, 15) is 9.90 Å². The molecule has 6 unspecified atom stereocenters. The normalized spacial score (nSPS) is 36.0. The maximum Gasteiger partial charge on any atom is 0.303 e. The van der Waals surface area contributed by atoms with Gasteiger partial charge in [0, 0.05) is 18.8 Å². The molecule has 3 heteroatoms. The van der Waals surface area contributed by atoms with Crippen LogP contribution < -0.4 is 0 Å². The lowest BCUT2D eigenvalue weighted by Crippen LogP contribution is -2.43. The van der Waals surface area contributed by atoms with Crippen LogP contribution in [0.5, 0.6) is 0 Å². The second kappa shape index (κ2) is 8.07. The van der Waals surface area contributed by atoms with Gasteiger partial charge in [-0.15, -0.1) is 0 Å². The minimum Gasteiger partial charge on any atom is -0.459 e. The summed E-state index contributed by atoms with van der Waals surface area (Å²) in [6, 6.07) is 0. The van der Waals surface area contributed by atoms with Gasteiger partial charge in [-0.1, -0.05) is 30.2 Å². The first kappa shape index (κ1) is 20.2. The third-order valence-corrected chi connectivity index (χ3v) is 6.50. The Hall–Kier alpha value is -1.09. The number of aliphatic hydroxyl groups is 1. The van der Waals surface area contributed by atoms with E-state index in [0.717, 1.165) is 32.1 Å². The zero-order chi connectivity index (χ0) is 18.8. The van der Waals surface area contributed by atoms with Crippen molar-refractivity contribution < 1.29 is 14.6 Å². The van der Waals surface area contributed by atoms with E-state index in [1.807, 2.05) is 0 Å². The molecule has 3 nitrogen and oxygen atoms in total. The van der Waals surface area contributed by atoms with Crippen LogP contribution in [0.3, 0.4) is 0 Å². The van der Waals surface area contributed by atoms with Gasteiger partial charge in [-0.25, -0.2) is 0 Å². The number of aliphatic hydroxyl groups excluding tert-OH is 1. The van der Waals surface area contributed by atoms with E-state index in [1.54, 1.807) is 0 Å². The Morgan fingerprint density at radius 2 is 2.12 bits per heavy atom. The summed E-state index contributed by atoms with van der Waals surface area (Å²) < 4.78 is 5.82. The van der Waals surface area contributed by atoms with Crippen LogP contribution in [0.1, 0.15) is 73.6 Å². The summed E-state index contributed by atoms with van der Waals surface area (Å²) in [6.07, 6.45) is 8.99. The van der Waals surface area contributed by atoms with Crippen molar-refractivity contribution in [3.05, 3.63) is 23.3 Å². The summed E-state index contributed by atoms with van der Waals surface area (Å²) in [5, 5.41) is 11.2. The highest BCUT2D eigenvalue weighted by atomic mass is 16.6. The molecule has 2 rings (SSSR count). The molecule has 2 aliphatic carbocycles. The van der Waals surface area contributed by atoms with Crippen LogP contribution >= 0.6 is 0 Å². The molecule has 0 aromatic carbocycles. The van der Waals surface area contributed by atoms with Gasteiger partial charge in [-0.2, -0.15) is 0 Å². The highest BCUT2D eigenvalue weighted by molar-refractivity contribution is 5.66. The van der Waals surface area contributed by atoms with Crippen molar-refractivity contribution >= 4 is 5.97 Å². The van der Waals surface area contributed by atoms with E-state index in [2.05, 4.69) is 46.8 Å². The maximum atomic E-state index is 11.7. The average molecular weight is 349 g/mol. The largest absolute Gasteiger partial charge is 0.459 e. The van der Waals surface area contributed by atoms with Crippen molar-refractivity contribution in [2.45, 2.75) is 85.4 Å². The Bertz CT molecular complexity index is 543. The fraction of sp³-hybridized carbons (Fsp3) is 0.773. The van der Waals surface area contributed by atoms with Crippen molar-refractivity contribution in [1.82, 2.24) is 0 Å². The second-order valence-corrected chi connectivity index (χ2v) is 8.75. The van der Waals surface area contributed by atoms with Crippen LogP contribution in [0.25, 0.3) is 0 Å². The molecular weight excluding hydrogens is 312 g/mol. The molecule has 1 N–H and O–H groups in total. The molecule has 0 aromatic rings. The smallest absolute Gasteiger partial charge is 0.303 e. The lowest BCUT2D eigenvalue weighted by atomic mass is 9.74. The number of hydrogen-bond acceptors (Lipinski definition) is 3. The van der Waals surface area contributed by atoms with Crippen LogP contribution in [-0.4, -0.2) is 22.8 Å². The molecule has 0 saturated heterocycles. The molecule has 0 amide bonds. The van der Waals surface area contributed by atoms with Gasteiger partial charge in [0.25, 0.3) is 0 Å². The molecule has 1 saturated carbocycles. The molecule has 1 fully saturated rings. The molecule has 0 bridgehead atoms. The fourth-order valence-corrected chi connectivity index (χ4v) is 5.05. The Morgan fingerprint density at radius 1 is 1.44 bits per heavy atom. The van der Waals surface area contributed by atoms with Crippen molar-refractivity contribution in [2.75, 3.05) is 0 Å². The first-order valence-corrected chi connectivity index (χ1v) is 9.83. The maximum absolute atomic E-state index is 11.7. The monoisotopic (exact) mass is 348 g/mol. The Kier molecular flexibility index (Phi) is 6.53. The van der Waals surface area contributed by atoms with E-state index in [0.29, 0.717) is 5.92 Å². The fourth-order valence-electron chi connectivity index (χ4n) is 5.05. The Morgan fingerprint density at radius 3 is 2.72 bits per heavy atom. The summed E-state index contributed by atoms with van der Waals surface area (Å²) in [6.45, 7) is 12.2. The summed E-state index contributed by atoms with van der Waals surface area (Å²) >= 11 is 0. The molecule has 142 valence electrons. The van der Waals surface area contributed by atoms with E-state index >= 15 is 0 Å². The zero-order valence-electron chi connectivity index (χ0n) is 16.8. The van der Waals surface area contributed by atoms with Gasteiger partial charge in [0.05, 0.1) is 6.10 Å². The van der Waals surface area contributed by atoms with Crippen molar-refractivity contribution in [3.63, 3.8) is 0 Å². The minimum absolute atomic E-state index is 0.114. The molecule has 0 heterocycles. The van der Waals surface area contributed by atoms with Crippen molar-refractivity contribution in [1.29, 1.82) is 0 Å². The third kappa shape index (κ3) is 4.55. The Labute approximate surface area is 153 Å². The highest BCUT2D eigenvalue weighted by Gasteiger charge is 2.51.